The van der Waals surface area contributed by atoms with E-state index >= 15 is 0 Å². The fraction of sp³-hybridized carbons (Fsp3) is 0.273. The van der Waals surface area contributed by atoms with Gasteiger partial charge in [-0.3, -0.25) is 9.20 Å². The Labute approximate surface area is 171 Å². The summed E-state index contributed by atoms with van der Waals surface area (Å²) in [5.74, 6) is 0.284. The molecule has 1 fully saturated rings. The zero-order valence-electron chi connectivity index (χ0n) is 16.6. The normalized spacial score (nSPS) is 13.8. The van der Waals surface area contributed by atoms with Crippen LogP contribution in [-0.4, -0.2) is 31.9 Å². The van der Waals surface area contributed by atoms with E-state index in [1.165, 1.54) is 31.0 Å². The molecule has 1 aliphatic rings. The molecule has 0 unspecified atom stereocenters. The topological polar surface area (TPSA) is 95.4 Å². The van der Waals surface area contributed by atoms with E-state index in [1.807, 2.05) is 19.9 Å². The Morgan fingerprint density at radius 1 is 1.17 bits per heavy atom. The Bertz CT molecular complexity index is 1330. The lowest BCUT2D eigenvalue weighted by Crippen LogP contribution is -2.11. The zero-order valence-corrected chi connectivity index (χ0v) is 16.6. The van der Waals surface area contributed by atoms with Crippen molar-refractivity contribution in [3.63, 3.8) is 0 Å². The van der Waals surface area contributed by atoms with E-state index in [1.54, 1.807) is 10.5 Å². The van der Waals surface area contributed by atoms with Crippen molar-refractivity contribution < 1.29 is 13.9 Å². The highest BCUT2D eigenvalue weighted by atomic mass is 19.1. The number of halogens is 1. The summed E-state index contributed by atoms with van der Waals surface area (Å²) in [6.45, 7) is 4.34. The van der Waals surface area contributed by atoms with Gasteiger partial charge in [-0.25, -0.2) is 14.4 Å². The first-order chi connectivity index (χ1) is 14.4. The second kappa shape index (κ2) is 6.76. The molecule has 0 bridgehead atoms. The van der Waals surface area contributed by atoms with Crippen molar-refractivity contribution in [2.24, 2.45) is 11.7 Å². The Hall–Kier alpha value is -3.55. The van der Waals surface area contributed by atoms with Crippen LogP contribution in [0.3, 0.4) is 0 Å². The molecule has 2 N–H and O–H groups in total. The van der Waals surface area contributed by atoms with Gasteiger partial charge in [0.05, 0.1) is 29.1 Å². The van der Waals surface area contributed by atoms with Crippen LogP contribution < -0.4 is 10.5 Å². The first-order valence-corrected chi connectivity index (χ1v) is 9.81. The molecule has 3 aromatic heterocycles. The van der Waals surface area contributed by atoms with Crippen LogP contribution in [0.4, 0.5) is 4.39 Å². The van der Waals surface area contributed by atoms with E-state index in [2.05, 4.69) is 15.0 Å². The van der Waals surface area contributed by atoms with Gasteiger partial charge in [-0.15, -0.1) is 0 Å². The second-order valence-corrected chi connectivity index (χ2v) is 7.71. The first-order valence-electron chi connectivity index (χ1n) is 9.81. The average Bonchev–Trinajstić information content (AvgIpc) is 3.48. The first kappa shape index (κ1) is 18.5. The Kier molecular flexibility index (Phi) is 4.16. The van der Waals surface area contributed by atoms with E-state index < -0.39 is 11.7 Å². The molecule has 7 nitrogen and oxygen atoms in total. The number of ether oxygens (including phenoxy) is 1. The zero-order chi connectivity index (χ0) is 21.0. The van der Waals surface area contributed by atoms with Crippen molar-refractivity contribution in [2.45, 2.75) is 26.7 Å². The summed E-state index contributed by atoms with van der Waals surface area (Å²) in [7, 11) is 0. The SMILES string of the molecule is Cc1nc(-c2cc(C(N)=O)ccc2F)n2c1c(C)nc1ccc(OCC3CC3)nc12. The molecule has 8 heteroatoms. The number of pyridine rings is 1. The lowest BCUT2D eigenvalue weighted by atomic mass is 10.1. The summed E-state index contributed by atoms with van der Waals surface area (Å²) in [5, 5.41) is 0. The minimum atomic E-state index is -0.634. The molecule has 4 aromatic rings. The molecular formula is C22H20FN5O2. The number of aryl methyl sites for hydroxylation is 2. The smallest absolute Gasteiger partial charge is 0.248 e. The average molecular weight is 405 g/mol. The van der Waals surface area contributed by atoms with Crippen LogP contribution in [0.1, 0.15) is 34.6 Å². The Morgan fingerprint density at radius 2 is 1.93 bits per heavy atom. The number of carbonyl (C=O) groups excluding carboxylic acids is 1. The fourth-order valence-electron chi connectivity index (χ4n) is 3.67. The second-order valence-electron chi connectivity index (χ2n) is 7.71. The van der Waals surface area contributed by atoms with Gasteiger partial charge >= 0.3 is 0 Å². The third kappa shape index (κ3) is 3.04. The van der Waals surface area contributed by atoms with Crippen LogP contribution in [0.5, 0.6) is 5.88 Å². The number of aromatic nitrogens is 4. The van der Waals surface area contributed by atoms with E-state index in [9.17, 15) is 9.18 Å². The minimum absolute atomic E-state index is 0.174. The Morgan fingerprint density at radius 3 is 2.67 bits per heavy atom. The summed E-state index contributed by atoms with van der Waals surface area (Å²) in [6, 6.07) is 7.63. The van der Waals surface area contributed by atoms with Crippen molar-refractivity contribution >= 4 is 22.6 Å². The van der Waals surface area contributed by atoms with Crippen molar-refractivity contribution in [3.8, 4) is 17.3 Å². The number of hydrogen-bond acceptors (Lipinski definition) is 5. The van der Waals surface area contributed by atoms with Crippen molar-refractivity contribution in [1.29, 1.82) is 0 Å². The van der Waals surface area contributed by atoms with Gasteiger partial charge in [0.15, 0.2) is 5.65 Å². The van der Waals surface area contributed by atoms with Gasteiger partial charge in [-0.05, 0) is 56.9 Å². The molecule has 3 heterocycles. The molecule has 1 saturated carbocycles. The standard InChI is InChI=1S/C22H20FN5O2/c1-11-19-12(2)26-21(15-9-14(20(24)29)5-6-16(15)23)28(19)22-17(25-11)7-8-18(27-22)30-10-13-3-4-13/h5-9,13H,3-4,10H2,1-2H3,(H2,24,29). The summed E-state index contributed by atoms with van der Waals surface area (Å²) >= 11 is 0. The lowest BCUT2D eigenvalue weighted by molar-refractivity contribution is 0.100. The summed E-state index contributed by atoms with van der Waals surface area (Å²) in [5.41, 5.74) is 9.12. The molecule has 1 amide bonds. The molecule has 1 aliphatic carbocycles. The maximum atomic E-state index is 14.8. The molecule has 0 spiro atoms. The summed E-state index contributed by atoms with van der Waals surface area (Å²) in [6.07, 6.45) is 2.36. The van der Waals surface area contributed by atoms with Gasteiger partial charge in [0.1, 0.15) is 17.2 Å². The molecule has 0 saturated heterocycles. The van der Waals surface area contributed by atoms with Gasteiger partial charge in [-0.1, -0.05) is 0 Å². The summed E-state index contributed by atoms with van der Waals surface area (Å²) < 4.78 is 22.4. The largest absolute Gasteiger partial charge is 0.477 e. The highest BCUT2D eigenvalue weighted by Gasteiger charge is 2.23. The van der Waals surface area contributed by atoms with Crippen LogP contribution in [-0.2, 0) is 0 Å². The van der Waals surface area contributed by atoms with E-state index in [4.69, 9.17) is 10.5 Å². The Balaban J connectivity index is 1.78. The molecular weight excluding hydrogens is 385 g/mol. The van der Waals surface area contributed by atoms with Gasteiger partial charge in [0.2, 0.25) is 11.8 Å². The van der Waals surface area contributed by atoms with Gasteiger partial charge in [0, 0.05) is 11.6 Å². The number of imidazole rings is 1. The van der Waals surface area contributed by atoms with Crippen molar-refractivity contribution in [2.75, 3.05) is 6.61 Å². The number of amides is 1. The fourth-order valence-corrected chi connectivity index (χ4v) is 3.67. The number of carbonyl (C=O) groups is 1. The molecule has 5 rings (SSSR count). The van der Waals surface area contributed by atoms with E-state index in [0.717, 1.165) is 11.2 Å². The number of benzene rings is 1. The monoisotopic (exact) mass is 405 g/mol. The number of hydrogen-bond donors (Lipinski definition) is 1. The van der Waals surface area contributed by atoms with Gasteiger partial charge in [0.25, 0.3) is 0 Å². The van der Waals surface area contributed by atoms with Crippen LogP contribution in [0.15, 0.2) is 30.3 Å². The summed E-state index contributed by atoms with van der Waals surface area (Å²) in [4.78, 5) is 25.5. The number of nitrogens with two attached hydrogens (primary N) is 1. The third-order valence-electron chi connectivity index (χ3n) is 5.38. The predicted octanol–water partition coefficient (Wildman–Crippen LogP) is 3.59. The maximum Gasteiger partial charge on any atom is 0.248 e. The molecule has 0 aliphatic heterocycles. The van der Waals surface area contributed by atoms with Crippen molar-refractivity contribution in [1.82, 2.24) is 19.4 Å². The van der Waals surface area contributed by atoms with Gasteiger partial charge in [-0.2, -0.15) is 4.98 Å². The van der Waals surface area contributed by atoms with E-state index in [-0.39, 0.29) is 11.1 Å². The minimum Gasteiger partial charge on any atom is -0.477 e. The highest BCUT2D eigenvalue weighted by Crippen LogP contribution is 2.32. The van der Waals surface area contributed by atoms with E-state index in [0.29, 0.717) is 41.1 Å². The molecule has 0 radical (unpaired) electrons. The molecule has 0 atom stereocenters. The van der Waals surface area contributed by atoms with Crippen LogP contribution >= 0.6 is 0 Å². The molecule has 1 aromatic carbocycles. The highest BCUT2D eigenvalue weighted by molar-refractivity contribution is 5.94. The predicted molar refractivity (Wildman–Crippen MR) is 110 cm³/mol. The van der Waals surface area contributed by atoms with Gasteiger partial charge < -0.3 is 10.5 Å². The third-order valence-corrected chi connectivity index (χ3v) is 5.38. The van der Waals surface area contributed by atoms with Crippen LogP contribution in [0, 0.1) is 25.6 Å². The molecule has 30 heavy (non-hydrogen) atoms. The maximum absolute atomic E-state index is 14.8. The number of primary amides is 1. The van der Waals surface area contributed by atoms with Crippen LogP contribution in [0.25, 0.3) is 28.1 Å². The number of nitrogens with zero attached hydrogens (tertiary/aromatic N) is 4. The quantitative estimate of drug-likeness (QED) is 0.547. The lowest BCUT2D eigenvalue weighted by Gasteiger charge is -2.10. The van der Waals surface area contributed by atoms with Crippen molar-refractivity contribution in [3.05, 3.63) is 53.1 Å². The number of fused-ring (bicyclic) bond motifs is 3. The van der Waals surface area contributed by atoms with Crippen LogP contribution in [0.2, 0.25) is 0 Å². The molecule has 152 valence electrons. The number of rotatable bonds is 5.